The van der Waals surface area contributed by atoms with Gasteiger partial charge in [0.15, 0.2) is 0 Å². The van der Waals surface area contributed by atoms with Gasteiger partial charge in [0.25, 0.3) is 0 Å². The third kappa shape index (κ3) is 3.25. The molecular formula is C14H19ClFN3. The molecule has 0 saturated heterocycles. The van der Waals surface area contributed by atoms with Crippen LogP contribution in [-0.2, 0) is 6.54 Å². The highest BCUT2D eigenvalue weighted by molar-refractivity contribution is 6.20. The molecule has 1 unspecified atom stereocenters. The molecule has 0 spiro atoms. The Balaban J connectivity index is 2.35. The van der Waals surface area contributed by atoms with Gasteiger partial charge >= 0.3 is 0 Å². The van der Waals surface area contributed by atoms with Crippen LogP contribution < -0.4 is 0 Å². The first-order chi connectivity index (χ1) is 8.99. The lowest BCUT2D eigenvalue weighted by atomic mass is 10.3. The van der Waals surface area contributed by atoms with Crippen molar-refractivity contribution >= 4 is 22.6 Å². The number of benzene rings is 1. The number of hydrogen-bond acceptors (Lipinski definition) is 2. The lowest BCUT2D eigenvalue weighted by molar-refractivity contribution is 0.386. The molecule has 1 heterocycles. The van der Waals surface area contributed by atoms with Crippen LogP contribution in [0.3, 0.4) is 0 Å². The van der Waals surface area contributed by atoms with Crippen LogP contribution in [0.15, 0.2) is 18.2 Å². The molecule has 1 aromatic heterocycles. The summed E-state index contributed by atoms with van der Waals surface area (Å²) < 4.78 is 15.3. The van der Waals surface area contributed by atoms with Crippen LogP contribution in [0, 0.1) is 5.82 Å². The maximum absolute atomic E-state index is 13.2. The van der Waals surface area contributed by atoms with Gasteiger partial charge in [-0.3, -0.25) is 0 Å². The Hall–Kier alpha value is -1.13. The van der Waals surface area contributed by atoms with Gasteiger partial charge in [-0.15, -0.1) is 11.6 Å². The van der Waals surface area contributed by atoms with Crippen LogP contribution in [0.2, 0.25) is 0 Å². The highest BCUT2D eigenvalue weighted by atomic mass is 35.5. The average Bonchev–Trinajstić information content (AvgIpc) is 2.67. The maximum Gasteiger partial charge on any atom is 0.127 e. The summed E-state index contributed by atoms with van der Waals surface area (Å²) in [6.45, 7) is 3.73. The number of fused-ring (bicyclic) bond motifs is 1. The van der Waals surface area contributed by atoms with E-state index in [1.807, 2.05) is 21.0 Å². The van der Waals surface area contributed by atoms with Crippen molar-refractivity contribution in [3.8, 4) is 0 Å². The monoisotopic (exact) mass is 283 g/mol. The van der Waals surface area contributed by atoms with Gasteiger partial charge in [0.05, 0.1) is 16.4 Å². The molecule has 0 saturated carbocycles. The largest absolute Gasteiger partial charge is 0.327 e. The molecule has 19 heavy (non-hydrogen) atoms. The second-order valence-electron chi connectivity index (χ2n) is 5.03. The quantitative estimate of drug-likeness (QED) is 0.784. The van der Waals surface area contributed by atoms with E-state index in [4.69, 9.17) is 11.6 Å². The van der Waals surface area contributed by atoms with Crippen molar-refractivity contribution in [2.24, 2.45) is 0 Å². The predicted molar refractivity (Wildman–Crippen MR) is 77.1 cm³/mol. The molecule has 1 atom stereocenters. The molecule has 0 bridgehead atoms. The minimum atomic E-state index is -0.265. The zero-order chi connectivity index (χ0) is 14.0. The summed E-state index contributed by atoms with van der Waals surface area (Å²) in [5, 5.41) is -0.185. The zero-order valence-electron chi connectivity index (χ0n) is 11.5. The van der Waals surface area contributed by atoms with Crippen LogP contribution in [0.1, 0.15) is 24.5 Å². The van der Waals surface area contributed by atoms with Crippen molar-refractivity contribution in [2.45, 2.75) is 25.3 Å². The zero-order valence-corrected chi connectivity index (χ0v) is 12.3. The normalized spacial score (nSPS) is 13.4. The van der Waals surface area contributed by atoms with Gasteiger partial charge in [-0.1, -0.05) is 0 Å². The Kier molecular flexibility index (Phi) is 4.42. The molecule has 0 aliphatic rings. The molecule has 5 heteroatoms. The fourth-order valence-electron chi connectivity index (χ4n) is 2.21. The standard InChI is InChI=1S/C14H19ClFN3/c1-10(15)14-17-12-9-11(16)5-6-13(12)19(14)8-4-7-18(2)3/h5-6,9-10H,4,7-8H2,1-3H3. The Morgan fingerprint density at radius 2 is 2.16 bits per heavy atom. The summed E-state index contributed by atoms with van der Waals surface area (Å²) >= 11 is 6.17. The van der Waals surface area contributed by atoms with Gasteiger partial charge in [0.1, 0.15) is 11.6 Å². The highest BCUT2D eigenvalue weighted by Gasteiger charge is 2.15. The molecule has 0 fully saturated rings. The molecule has 0 amide bonds. The molecule has 104 valence electrons. The van der Waals surface area contributed by atoms with E-state index >= 15 is 0 Å². The first-order valence-corrected chi connectivity index (χ1v) is 6.87. The van der Waals surface area contributed by atoms with Gasteiger partial charge in [-0.2, -0.15) is 0 Å². The highest BCUT2D eigenvalue weighted by Crippen LogP contribution is 2.25. The lowest BCUT2D eigenvalue weighted by Gasteiger charge is -2.13. The number of aryl methyl sites for hydroxylation is 1. The minimum absolute atomic E-state index is 0.185. The van der Waals surface area contributed by atoms with Gasteiger partial charge in [0, 0.05) is 12.6 Å². The summed E-state index contributed by atoms with van der Waals surface area (Å²) in [6.07, 6.45) is 1.01. The molecule has 0 aliphatic heterocycles. The van der Waals surface area contributed by atoms with E-state index in [9.17, 15) is 4.39 Å². The number of imidazole rings is 1. The third-order valence-corrected chi connectivity index (χ3v) is 3.28. The smallest absolute Gasteiger partial charge is 0.127 e. The van der Waals surface area contributed by atoms with Crippen molar-refractivity contribution in [1.82, 2.24) is 14.5 Å². The van der Waals surface area contributed by atoms with E-state index in [2.05, 4.69) is 14.5 Å². The van der Waals surface area contributed by atoms with Crippen LogP contribution in [-0.4, -0.2) is 35.1 Å². The van der Waals surface area contributed by atoms with Gasteiger partial charge in [0.2, 0.25) is 0 Å². The van der Waals surface area contributed by atoms with Crippen molar-refractivity contribution < 1.29 is 4.39 Å². The van der Waals surface area contributed by atoms with E-state index in [0.29, 0.717) is 5.52 Å². The summed E-state index contributed by atoms with van der Waals surface area (Å²) in [5.74, 6) is 0.542. The average molecular weight is 284 g/mol. The van der Waals surface area contributed by atoms with E-state index in [0.717, 1.165) is 30.9 Å². The Labute approximate surface area is 118 Å². The van der Waals surface area contributed by atoms with Gasteiger partial charge < -0.3 is 9.47 Å². The van der Waals surface area contributed by atoms with E-state index in [1.165, 1.54) is 12.1 Å². The third-order valence-electron chi connectivity index (χ3n) is 3.08. The number of rotatable bonds is 5. The van der Waals surface area contributed by atoms with Gasteiger partial charge in [-0.25, -0.2) is 9.37 Å². The van der Waals surface area contributed by atoms with E-state index in [-0.39, 0.29) is 11.2 Å². The van der Waals surface area contributed by atoms with Crippen molar-refractivity contribution in [2.75, 3.05) is 20.6 Å². The van der Waals surface area contributed by atoms with Crippen molar-refractivity contribution in [1.29, 1.82) is 0 Å². The molecule has 1 aromatic carbocycles. The van der Waals surface area contributed by atoms with Crippen LogP contribution in [0.25, 0.3) is 11.0 Å². The summed E-state index contributed by atoms with van der Waals surface area (Å²) in [5.41, 5.74) is 1.62. The van der Waals surface area contributed by atoms with Crippen LogP contribution in [0.5, 0.6) is 0 Å². The first kappa shape index (κ1) is 14.3. The van der Waals surface area contributed by atoms with Crippen LogP contribution in [0.4, 0.5) is 4.39 Å². The Morgan fingerprint density at radius 3 is 2.79 bits per heavy atom. The van der Waals surface area contributed by atoms with E-state index < -0.39 is 0 Å². The van der Waals surface area contributed by atoms with Crippen molar-refractivity contribution in [3.05, 3.63) is 29.8 Å². The fourth-order valence-corrected chi connectivity index (χ4v) is 2.37. The van der Waals surface area contributed by atoms with Crippen molar-refractivity contribution in [3.63, 3.8) is 0 Å². The summed E-state index contributed by atoms with van der Waals surface area (Å²) in [6, 6.07) is 4.70. The number of alkyl halides is 1. The molecule has 0 N–H and O–H groups in total. The van der Waals surface area contributed by atoms with E-state index in [1.54, 1.807) is 6.07 Å². The molecule has 0 aliphatic carbocycles. The Morgan fingerprint density at radius 1 is 1.42 bits per heavy atom. The Bertz CT molecular complexity index is 563. The minimum Gasteiger partial charge on any atom is -0.327 e. The molecule has 2 aromatic rings. The predicted octanol–water partition coefficient (Wildman–Crippen LogP) is 3.43. The maximum atomic E-state index is 13.2. The second-order valence-corrected chi connectivity index (χ2v) is 5.68. The molecule has 3 nitrogen and oxygen atoms in total. The number of halogens is 2. The topological polar surface area (TPSA) is 21.1 Å². The fraction of sp³-hybridized carbons (Fsp3) is 0.500. The molecular weight excluding hydrogens is 265 g/mol. The van der Waals surface area contributed by atoms with Crippen LogP contribution >= 0.6 is 11.6 Å². The lowest BCUT2D eigenvalue weighted by Crippen LogP contribution is -2.16. The van der Waals surface area contributed by atoms with Gasteiger partial charge in [-0.05, 0) is 46.1 Å². The first-order valence-electron chi connectivity index (χ1n) is 6.43. The second kappa shape index (κ2) is 5.88. The number of aromatic nitrogens is 2. The SMILES string of the molecule is CC(Cl)c1nc2cc(F)ccc2n1CCCN(C)C. The summed E-state index contributed by atoms with van der Waals surface area (Å²) in [7, 11) is 4.10. The molecule has 0 radical (unpaired) electrons. The number of nitrogens with zero attached hydrogens (tertiary/aromatic N) is 3. The summed E-state index contributed by atoms with van der Waals surface area (Å²) in [4.78, 5) is 6.59. The molecule has 2 rings (SSSR count). The number of hydrogen-bond donors (Lipinski definition) is 0.